The first-order chi connectivity index (χ1) is 7.41. The Morgan fingerprint density at radius 1 is 1.50 bits per heavy atom. The van der Waals surface area contributed by atoms with Crippen LogP contribution in [0.5, 0.6) is 0 Å². The summed E-state index contributed by atoms with van der Waals surface area (Å²) in [5, 5.41) is 9.85. The van der Waals surface area contributed by atoms with Gasteiger partial charge in [0.05, 0.1) is 24.6 Å². The van der Waals surface area contributed by atoms with Gasteiger partial charge in [0.1, 0.15) is 0 Å². The van der Waals surface area contributed by atoms with Crippen molar-refractivity contribution < 1.29 is 9.90 Å². The SMILES string of the molecule is CCC1(O)CN(C(=O)C(CN)CC(C)C)C1. The van der Waals surface area contributed by atoms with Gasteiger partial charge in [-0.05, 0) is 18.8 Å². The van der Waals surface area contributed by atoms with Gasteiger partial charge < -0.3 is 15.7 Å². The molecule has 0 aromatic rings. The zero-order valence-electron chi connectivity index (χ0n) is 10.6. The average Bonchev–Trinajstić information content (AvgIpc) is 2.20. The predicted octanol–water partition coefficient (Wildman–Crippen LogP) is 0.591. The molecule has 1 atom stereocenters. The van der Waals surface area contributed by atoms with Crippen LogP contribution in [0.25, 0.3) is 0 Å². The maximum Gasteiger partial charge on any atom is 0.227 e. The zero-order chi connectivity index (χ0) is 12.3. The molecule has 0 saturated carbocycles. The molecule has 1 aliphatic heterocycles. The molecule has 0 spiro atoms. The summed E-state index contributed by atoms with van der Waals surface area (Å²) >= 11 is 0. The molecule has 1 saturated heterocycles. The minimum atomic E-state index is -0.646. The third-order valence-electron chi connectivity index (χ3n) is 3.33. The van der Waals surface area contributed by atoms with E-state index < -0.39 is 5.60 Å². The molecule has 0 aliphatic carbocycles. The Balaban J connectivity index is 2.46. The summed E-state index contributed by atoms with van der Waals surface area (Å²) in [6, 6.07) is 0. The lowest BCUT2D eigenvalue weighted by Gasteiger charge is -2.47. The van der Waals surface area contributed by atoms with E-state index in [1.54, 1.807) is 4.90 Å². The fourth-order valence-corrected chi connectivity index (χ4v) is 2.17. The topological polar surface area (TPSA) is 66.6 Å². The Hall–Kier alpha value is -0.610. The minimum absolute atomic E-state index is 0.0820. The molecule has 0 aromatic heterocycles. The second-order valence-electron chi connectivity index (χ2n) is 5.33. The van der Waals surface area contributed by atoms with Crippen LogP contribution < -0.4 is 5.73 Å². The number of carbonyl (C=O) groups excluding carboxylic acids is 1. The van der Waals surface area contributed by atoms with Crippen LogP contribution in [0.4, 0.5) is 0 Å². The summed E-state index contributed by atoms with van der Waals surface area (Å²) in [7, 11) is 0. The van der Waals surface area contributed by atoms with Gasteiger partial charge in [0.15, 0.2) is 0 Å². The predicted molar refractivity (Wildman–Crippen MR) is 63.8 cm³/mol. The fourth-order valence-electron chi connectivity index (χ4n) is 2.17. The van der Waals surface area contributed by atoms with Crippen molar-refractivity contribution >= 4 is 5.91 Å². The van der Waals surface area contributed by atoms with Gasteiger partial charge in [0.25, 0.3) is 0 Å². The molecule has 0 aromatic carbocycles. The highest BCUT2D eigenvalue weighted by atomic mass is 16.3. The molecule has 0 bridgehead atoms. The van der Waals surface area contributed by atoms with Crippen LogP contribution in [-0.4, -0.2) is 41.1 Å². The number of carbonyl (C=O) groups is 1. The molecule has 1 aliphatic rings. The summed E-state index contributed by atoms with van der Waals surface area (Å²) in [6.45, 7) is 7.46. The number of nitrogens with two attached hydrogens (primary N) is 1. The van der Waals surface area contributed by atoms with E-state index in [1.807, 2.05) is 6.92 Å². The Kier molecular flexibility index (Phi) is 4.33. The van der Waals surface area contributed by atoms with Crippen molar-refractivity contribution in [2.45, 2.75) is 39.2 Å². The summed E-state index contributed by atoms with van der Waals surface area (Å²) in [5.41, 5.74) is 4.98. The number of hydrogen-bond acceptors (Lipinski definition) is 3. The second-order valence-corrected chi connectivity index (χ2v) is 5.33. The van der Waals surface area contributed by atoms with Gasteiger partial charge in [-0.15, -0.1) is 0 Å². The molecule has 1 heterocycles. The minimum Gasteiger partial charge on any atom is -0.386 e. The Labute approximate surface area is 97.8 Å². The summed E-state index contributed by atoms with van der Waals surface area (Å²) in [5.74, 6) is 0.500. The highest BCUT2D eigenvalue weighted by molar-refractivity contribution is 5.80. The first kappa shape index (κ1) is 13.5. The number of hydrogen-bond donors (Lipinski definition) is 2. The summed E-state index contributed by atoms with van der Waals surface area (Å²) in [6.07, 6.45) is 1.53. The summed E-state index contributed by atoms with van der Waals surface area (Å²) < 4.78 is 0. The number of aliphatic hydroxyl groups is 1. The van der Waals surface area contributed by atoms with Crippen LogP contribution in [0.15, 0.2) is 0 Å². The lowest BCUT2D eigenvalue weighted by atomic mass is 9.88. The normalized spacial score (nSPS) is 20.8. The largest absolute Gasteiger partial charge is 0.386 e. The smallest absolute Gasteiger partial charge is 0.227 e. The molecular weight excluding hydrogens is 204 g/mol. The van der Waals surface area contributed by atoms with Crippen LogP contribution >= 0.6 is 0 Å². The first-order valence-electron chi connectivity index (χ1n) is 6.13. The Bertz CT molecular complexity index is 247. The van der Waals surface area contributed by atoms with Gasteiger partial charge in [0.2, 0.25) is 5.91 Å². The molecule has 1 fully saturated rings. The number of rotatable bonds is 5. The van der Waals surface area contributed by atoms with Gasteiger partial charge in [0, 0.05) is 6.54 Å². The van der Waals surface area contributed by atoms with Gasteiger partial charge in [-0.1, -0.05) is 20.8 Å². The highest BCUT2D eigenvalue weighted by Crippen LogP contribution is 2.26. The van der Waals surface area contributed by atoms with Crippen molar-refractivity contribution in [1.29, 1.82) is 0 Å². The van der Waals surface area contributed by atoms with Crippen LogP contribution in [0.2, 0.25) is 0 Å². The average molecular weight is 228 g/mol. The molecule has 4 heteroatoms. The van der Waals surface area contributed by atoms with Gasteiger partial charge in [-0.3, -0.25) is 4.79 Å². The Morgan fingerprint density at radius 3 is 2.44 bits per heavy atom. The second kappa shape index (κ2) is 5.15. The van der Waals surface area contributed by atoms with Gasteiger partial charge >= 0.3 is 0 Å². The van der Waals surface area contributed by atoms with Crippen LogP contribution in [0, 0.1) is 11.8 Å². The maximum atomic E-state index is 12.0. The number of amides is 1. The lowest BCUT2D eigenvalue weighted by molar-refractivity contribution is -0.160. The molecule has 4 nitrogen and oxygen atoms in total. The van der Waals surface area contributed by atoms with E-state index in [0.29, 0.717) is 32.0 Å². The standard InChI is InChI=1S/C12H24N2O2/c1-4-12(16)7-14(8-12)11(15)10(6-13)5-9(2)3/h9-10,16H,4-8,13H2,1-3H3. The zero-order valence-corrected chi connectivity index (χ0v) is 10.6. The van der Waals surface area contributed by atoms with E-state index >= 15 is 0 Å². The third-order valence-corrected chi connectivity index (χ3v) is 3.33. The lowest BCUT2D eigenvalue weighted by Crippen LogP contribution is -2.64. The molecular formula is C12H24N2O2. The van der Waals surface area contributed by atoms with Crippen molar-refractivity contribution in [3.05, 3.63) is 0 Å². The Morgan fingerprint density at radius 2 is 2.06 bits per heavy atom. The van der Waals surface area contributed by atoms with Crippen molar-refractivity contribution in [1.82, 2.24) is 4.90 Å². The highest BCUT2D eigenvalue weighted by Gasteiger charge is 2.43. The molecule has 1 rings (SSSR count). The van der Waals surface area contributed by atoms with Crippen LogP contribution in [0.1, 0.15) is 33.6 Å². The molecule has 94 valence electrons. The fraction of sp³-hybridized carbons (Fsp3) is 0.917. The van der Waals surface area contributed by atoms with Gasteiger partial charge in [-0.25, -0.2) is 0 Å². The quantitative estimate of drug-likeness (QED) is 0.724. The molecule has 16 heavy (non-hydrogen) atoms. The van der Waals surface area contributed by atoms with E-state index in [-0.39, 0.29) is 11.8 Å². The van der Waals surface area contributed by atoms with Crippen LogP contribution in [0.3, 0.4) is 0 Å². The van der Waals surface area contributed by atoms with E-state index in [2.05, 4.69) is 13.8 Å². The summed E-state index contributed by atoms with van der Waals surface area (Å²) in [4.78, 5) is 13.8. The first-order valence-corrected chi connectivity index (χ1v) is 6.13. The van der Waals surface area contributed by atoms with Crippen LogP contribution in [-0.2, 0) is 4.79 Å². The molecule has 1 unspecified atom stereocenters. The molecule has 0 radical (unpaired) electrons. The van der Waals surface area contributed by atoms with Crippen molar-refractivity contribution in [3.63, 3.8) is 0 Å². The number of β-amino-alcohol motifs (C(OH)–C–C–N with tert-alkyl or cyclic N) is 1. The van der Waals surface area contributed by atoms with E-state index in [0.717, 1.165) is 6.42 Å². The molecule has 1 amide bonds. The molecule has 3 N–H and O–H groups in total. The maximum absolute atomic E-state index is 12.0. The van der Waals surface area contributed by atoms with E-state index in [1.165, 1.54) is 0 Å². The monoisotopic (exact) mass is 228 g/mol. The number of nitrogens with zero attached hydrogens (tertiary/aromatic N) is 1. The van der Waals surface area contributed by atoms with Crippen molar-refractivity contribution in [2.75, 3.05) is 19.6 Å². The van der Waals surface area contributed by atoms with Crippen molar-refractivity contribution in [2.24, 2.45) is 17.6 Å². The third kappa shape index (κ3) is 2.95. The van der Waals surface area contributed by atoms with E-state index in [4.69, 9.17) is 5.73 Å². The number of likely N-dealkylation sites (tertiary alicyclic amines) is 1. The van der Waals surface area contributed by atoms with Gasteiger partial charge in [-0.2, -0.15) is 0 Å². The van der Waals surface area contributed by atoms with E-state index in [9.17, 15) is 9.90 Å². The van der Waals surface area contributed by atoms with Crippen molar-refractivity contribution in [3.8, 4) is 0 Å².